The van der Waals surface area contributed by atoms with Gasteiger partial charge in [-0.15, -0.1) is 0 Å². The minimum absolute atomic E-state index is 0.221. The van der Waals surface area contributed by atoms with Gasteiger partial charge in [0.25, 0.3) is 0 Å². The highest BCUT2D eigenvalue weighted by Crippen LogP contribution is 2.36. The Labute approximate surface area is 365 Å². The van der Waals surface area contributed by atoms with Crippen molar-refractivity contribution < 1.29 is 37.9 Å². The molecule has 0 heterocycles. The monoisotopic (exact) mass is 859 g/mol. The summed E-state index contributed by atoms with van der Waals surface area (Å²) in [6.45, 7) is 3.75. The number of carbonyl (C=O) groups excluding carboxylic acids is 2. The Morgan fingerprint density at radius 1 is 0.373 bits per heavy atom. The molecule has 8 nitrogen and oxygen atoms in total. The molecule has 0 fully saturated rings. The van der Waals surface area contributed by atoms with E-state index in [1.807, 2.05) is 0 Å². The Morgan fingerprint density at radius 3 is 0.864 bits per heavy atom. The molecule has 0 saturated heterocycles. The molecule has 0 bridgehead atoms. The van der Waals surface area contributed by atoms with Gasteiger partial charge in [-0.25, -0.2) is 4.57 Å². The van der Waals surface area contributed by atoms with Gasteiger partial charge in [0.2, 0.25) is 0 Å². The van der Waals surface area contributed by atoms with Crippen LogP contribution in [0, 0.1) is 0 Å². The molecule has 0 spiro atoms. The van der Waals surface area contributed by atoms with Crippen molar-refractivity contribution in [2.75, 3.05) is 13.2 Å². The molecular weight excluding hydrogens is 760 g/mol. The third-order valence-corrected chi connectivity index (χ3v) is 12.4. The number of unbranched alkanes of at least 4 members (excludes halogenated alkanes) is 39. The second-order valence-corrected chi connectivity index (χ2v) is 19.1. The van der Waals surface area contributed by atoms with Crippen molar-refractivity contribution in [2.24, 2.45) is 0 Å². The molecule has 0 aliphatic heterocycles. The van der Waals surface area contributed by atoms with Gasteiger partial charge in [-0.2, -0.15) is 0 Å². The Kier molecular flexibility index (Phi) is 45.8. The quantitative estimate of drug-likeness (QED) is 0.0353. The molecule has 0 aromatic rings. The molecule has 0 aliphatic carbocycles. The SMILES string of the molecule is CCCCCCCCCCCCCCCCCCCCCCCCCCC(=O)OC(COC(=O)CCCCCCCCCCCCCCCCCCC)COP(=O)(O)O. The summed E-state index contributed by atoms with van der Waals surface area (Å²) in [4.78, 5) is 43.1. The second-order valence-electron chi connectivity index (χ2n) is 17.9. The lowest BCUT2D eigenvalue weighted by atomic mass is 10.0. The first kappa shape index (κ1) is 58.0. The number of hydrogen-bond donors (Lipinski definition) is 2. The zero-order chi connectivity index (χ0) is 43.2. The van der Waals surface area contributed by atoms with Gasteiger partial charge >= 0.3 is 19.8 Å². The van der Waals surface area contributed by atoms with Crippen molar-refractivity contribution in [2.45, 2.75) is 296 Å². The number of rotatable bonds is 49. The highest BCUT2D eigenvalue weighted by molar-refractivity contribution is 7.46. The Morgan fingerprint density at radius 2 is 0.610 bits per heavy atom. The molecule has 0 rings (SSSR count). The van der Waals surface area contributed by atoms with E-state index in [2.05, 4.69) is 18.4 Å². The first-order chi connectivity index (χ1) is 28.8. The van der Waals surface area contributed by atoms with Crippen LogP contribution in [0.2, 0.25) is 0 Å². The molecule has 59 heavy (non-hydrogen) atoms. The largest absolute Gasteiger partial charge is 0.469 e. The van der Waals surface area contributed by atoms with Gasteiger partial charge in [0.15, 0.2) is 6.10 Å². The normalized spacial score (nSPS) is 12.3. The van der Waals surface area contributed by atoms with Crippen molar-refractivity contribution in [1.29, 1.82) is 0 Å². The van der Waals surface area contributed by atoms with Crippen LogP contribution in [0.3, 0.4) is 0 Å². The van der Waals surface area contributed by atoms with E-state index in [1.54, 1.807) is 0 Å². The molecule has 0 aromatic heterocycles. The number of ether oxygens (including phenoxy) is 2. The van der Waals surface area contributed by atoms with Gasteiger partial charge in [0.05, 0.1) is 6.61 Å². The Balaban J connectivity index is 3.74. The Bertz CT molecular complexity index is 925. The van der Waals surface area contributed by atoms with Crippen LogP contribution in [0.1, 0.15) is 290 Å². The lowest BCUT2D eigenvalue weighted by Gasteiger charge is -2.18. The van der Waals surface area contributed by atoms with Gasteiger partial charge in [0.1, 0.15) is 6.61 Å². The van der Waals surface area contributed by atoms with Crippen LogP contribution in [0.25, 0.3) is 0 Å². The van der Waals surface area contributed by atoms with E-state index >= 15 is 0 Å². The van der Waals surface area contributed by atoms with Gasteiger partial charge in [-0.1, -0.05) is 264 Å². The second kappa shape index (κ2) is 46.6. The maximum atomic E-state index is 12.5. The van der Waals surface area contributed by atoms with E-state index < -0.39 is 32.5 Å². The van der Waals surface area contributed by atoms with Crippen LogP contribution in [0.5, 0.6) is 0 Å². The molecule has 2 N–H and O–H groups in total. The highest BCUT2D eigenvalue weighted by atomic mass is 31.2. The molecule has 1 unspecified atom stereocenters. The van der Waals surface area contributed by atoms with Crippen molar-refractivity contribution >= 4 is 19.8 Å². The first-order valence-electron chi connectivity index (χ1n) is 25.8. The molecule has 352 valence electrons. The average molecular weight is 859 g/mol. The van der Waals surface area contributed by atoms with E-state index in [9.17, 15) is 14.2 Å². The number of phosphoric acid groups is 1. The highest BCUT2D eigenvalue weighted by Gasteiger charge is 2.23. The summed E-state index contributed by atoms with van der Waals surface area (Å²) in [6.07, 6.45) is 52.7. The molecule has 0 aromatic carbocycles. The predicted molar refractivity (Wildman–Crippen MR) is 249 cm³/mol. The van der Waals surface area contributed by atoms with Crippen LogP contribution >= 0.6 is 7.82 Å². The van der Waals surface area contributed by atoms with E-state index in [0.29, 0.717) is 6.42 Å². The lowest BCUT2D eigenvalue weighted by molar-refractivity contribution is -0.161. The first-order valence-corrected chi connectivity index (χ1v) is 27.4. The van der Waals surface area contributed by atoms with E-state index in [0.717, 1.165) is 32.1 Å². The van der Waals surface area contributed by atoms with Crippen molar-refractivity contribution in [1.82, 2.24) is 0 Å². The fourth-order valence-electron chi connectivity index (χ4n) is 8.03. The standard InChI is InChI=1S/C50H99O8P/c1-3-5-7-9-11-13-15-17-19-21-22-23-24-25-26-27-29-31-33-35-37-39-41-43-45-50(52)58-48(47-57-59(53,54)55)46-56-49(51)44-42-40-38-36-34-32-30-28-20-18-16-14-12-10-8-6-4-2/h48H,3-47H2,1-2H3,(H2,53,54,55). The van der Waals surface area contributed by atoms with E-state index in [-0.39, 0.29) is 19.4 Å². The van der Waals surface area contributed by atoms with Crippen LogP contribution in [0.4, 0.5) is 0 Å². The Hall–Kier alpha value is -0.950. The summed E-state index contributed by atoms with van der Waals surface area (Å²) in [7, 11) is -4.75. The summed E-state index contributed by atoms with van der Waals surface area (Å²) < 4.78 is 26.5. The van der Waals surface area contributed by atoms with Gasteiger partial charge in [-0.05, 0) is 12.8 Å². The number of esters is 2. The van der Waals surface area contributed by atoms with Crippen LogP contribution < -0.4 is 0 Å². The minimum atomic E-state index is -4.75. The van der Waals surface area contributed by atoms with Gasteiger partial charge in [0, 0.05) is 12.8 Å². The fourth-order valence-corrected chi connectivity index (χ4v) is 8.39. The van der Waals surface area contributed by atoms with Crippen molar-refractivity contribution in [3.63, 3.8) is 0 Å². The smallest absolute Gasteiger partial charge is 0.462 e. The lowest BCUT2D eigenvalue weighted by Crippen LogP contribution is -2.29. The van der Waals surface area contributed by atoms with Crippen molar-refractivity contribution in [3.05, 3.63) is 0 Å². The predicted octanol–water partition coefficient (Wildman–Crippen LogP) is 16.4. The maximum absolute atomic E-state index is 12.5. The van der Waals surface area contributed by atoms with Crippen LogP contribution in [-0.2, 0) is 28.2 Å². The fraction of sp³-hybridized carbons (Fsp3) is 0.960. The third kappa shape index (κ3) is 49.6. The average Bonchev–Trinajstić information content (AvgIpc) is 3.21. The molecule has 1 atom stereocenters. The van der Waals surface area contributed by atoms with Gasteiger partial charge < -0.3 is 19.3 Å². The molecule has 0 radical (unpaired) electrons. The summed E-state index contributed by atoms with van der Waals surface area (Å²) in [5.74, 6) is -0.861. The zero-order valence-corrected chi connectivity index (χ0v) is 40.1. The topological polar surface area (TPSA) is 119 Å². The number of hydrogen-bond acceptors (Lipinski definition) is 6. The molecule has 9 heteroatoms. The number of phosphoric ester groups is 1. The molecular formula is C50H99O8P. The minimum Gasteiger partial charge on any atom is -0.462 e. The van der Waals surface area contributed by atoms with E-state index in [1.165, 1.54) is 225 Å². The van der Waals surface area contributed by atoms with Gasteiger partial charge in [-0.3, -0.25) is 14.1 Å². The van der Waals surface area contributed by atoms with Crippen LogP contribution in [-0.4, -0.2) is 41.0 Å². The van der Waals surface area contributed by atoms with E-state index in [4.69, 9.17) is 19.3 Å². The summed E-state index contributed by atoms with van der Waals surface area (Å²) >= 11 is 0. The summed E-state index contributed by atoms with van der Waals surface area (Å²) in [5.41, 5.74) is 0. The number of carbonyl (C=O) groups is 2. The molecule has 0 aliphatic rings. The summed E-state index contributed by atoms with van der Waals surface area (Å²) in [5, 5.41) is 0. The van der Waals surface area contributed by atoms with Crippen LogP contribution in [0.15, 0.2) is 0 Å². The summed E-state index contributed by atoms with van der Waals surface area (Å²) in [6, 6.07) is 0. The zero-order valence-electron chi connectivity index (χ0n) is 39.2. The molecule has 0 amide bonds. The maximum Gasteiger partial charge on any atom is 0.469 e. The van der Waals surface area contributed by atoms with Crippen molar-refractivity contribution in [3.8, 4) is 0 Å². The molecule has 0 saturated carbocycles. The third-order valence-electron chi connectivity index (χ3n) is 11.9.